The third-order valence-corrected chi connectivity index (χ3v) is 5.12. The highest BCUT2D eigenvalue weighted by molar-refractivity contribution is 6.44. The number of nitrogens with zero attached hydrogens (tertiary/aromatic N) is 1. The molecule has 1 fully saturated rings. The Balaban J connectivity index is 1.68. The van der Waals surface area contributed by atoms with Gasteiger partial charge in [-0.3, -0.25) is 4.79 Å². The average molecular weight is 365 g/mol. The van der Waals surface area contributed by atoms with Crippen molar-refractivity contribution in [3.8, 4) is 0 Å². The highest BCUT2D eigenvalue weighted by Crippen LogP contribution is 2.26. The van der Waals surface area contributed by atoms with E-state index in [0.717, 1.165) is 31.9 Å². The summed E-state index contributed by atoms with van der Waals surface area (Å²) in [4.78, 5) is 16.3. The van der Waals surface area contributed by atoms with Gasteiger partial charge in [0.1, 0.15) is 0 Å². The van der Waals surface area contributed by atoms with Crippen molar-refractivity contribution in [2.24, 2.45) is 0 Å². The molecule has 2 aromatic rings. The van der Waals surface area contributed by atoms with Gasteiger partial charge in [-0.15, -0.1) is 0 Å². The fourth-order valence-electron chi connectivity index (χ4n) is 2.78. The number of quaternary nitrogens is 1. The zero-order valence-electron chi connectivity index (χ0n) is 13.5. The molecule has 2 aromatic carbocycles. The van der Waals surface area contributed by atoms with E-state index in [-0.39, 0.29) is 10.9 Å². The molecule has 0 saturated carbocycles. The second kappa shape index (κ2) is 7.43. The van der Waals surface area contributed by atoms with Gasteiger partial charge in [0, 0.05) is 11.4 Å². The van der Waals surface area contributed by atoms with E-state index in [1.165, 1.54) is 5.69 Å². The summed E-state index contributed by atoms with van der Waals surface area (Å²) in [6.07, 6.45) is 0. The van der Waals surface area contributed by atoms with E-state index in [9.17, 15) is 4.79 Å². The van der Waals surface area contributed by atoms with Crippen molar-refractivity contribution in [1.82, 2.24) is 0 Å². The fraction of sp³-hybridized carbons (Fsp3) is 0.278. The summed E-state index contributed by atoms with van der Waals surface area (Å²) in [7, 11) is 2.22. The number of anilines is 2. The third-order valence-electron chi connectivity index (χ3n) is 4.30. The maximum atomic E-state index is 12.3. The van der Waals surface area contributed by atoms with Crippen LogP contribution >= 0.6 is 23.2 Å². The molecule has 1 aliphatic rings. The maximum absolute atomic E-state index is 12.3. The molecule has 1 saturated heterocycles. The number of nitrogens with one attached hydrogen (secondary N) is 2. The Morgan fingerprint density at radius 3 is 2.42 bits per heavy atom. The van der Waals surface area contributed by atoms with Gasteiger partial charge in [-0.1, -0.05) is 29.3 Å². The number of benzene rings is 2. The van der Waals surface area contributed by atoms with Gasteiger partial charge < -0.3 is 15.1 Å². The lowest BCUT2D eigenvalue weighted by Crippen LogP contribution is -3.12. The second-order valence-electron chi connectivity index (χ2n) is 6.05. The first-order valence-corrected chi connectivity index (χ1v) is 8.72. The van der Waals surface area contributed by atoms with Crippen LogP contribution in [0.25, 0.3) is 0 Å². The molecule has 0 aromatic heterocycles. The van der Waals surface area contributed by atoms with Gasteiger partial charge in [0.25, 0.3) is 5.91 Å². The van der Waals surface area contributed by atoms with Crippen LogP contribution in [0.15, 0.2) is 42.5 Å². The van der Waals surface area contributed by atoms with Crippen LogP contribution in [0, 0.1) is 0 Å². The summed E-state index contributed by atoms with van der Waals surface area (Å²) >= 11 is 12.1. The van der Waals surface area contributed by atoms with E-state index in [1.54, 1.807) is 23.1 Å². The predicted molar refractivity (Wildman–Crippen MR) is 99.7 cm³/mol. The van der Waals surface area contributed by atoms with Gasteiger partial charge in [-0.05, 0) is 36.4 Å². The summed E-state index contributed by atoms with van der Waals surface area (Å²) in [5.74, 6) is -0.265. The maximum Gasteiger partial charge on any atom is 0.257 e. The largest absolute Gasteiger partial charge is 0.360 e. The summed E-state index contributed by atoms with van der Waals surface area (Å²) in [5, 5.41) is 3.50. The van der Waals surface area contributed by atoms with Crippen LogP contribution in [-0.4, -0.2) is 39.1 Å². The molecule has 0 unspecified atom stereocenters. The lowest BCUT2D eigenvalue weighted by Gasteiger charge is -2.31. The first-order chi connectivity index (χ1) is 11.5. The molecule has 1 amide bonds. The van der Waals surface area contributed by atoms with Crippen molar-refractivity contribution in [3.63, 3.8) is 0 Å². The number of hydrogen-bond acceptors (Lipinski definition) is 2. The topological polar surface area (TPSA) is 36.8 Å². The van der Waals surface area contributed by atoms with Crippen molar-refractivity contribution >= 4 is 40.5 Å². The average Bonchev–Trinajstić information content (AvgIpc) is 2.59. The number of halogens is 2. The van der Waals surface area contributed by atoms with Crippen LogP contribution in [0.3, 0.4) is 0 Å². The molecule has 1 aliphatic heterocycles. The van der Waals surface area contributed by atoms with Crippen LogP contribution < -0.4 is 15.1 Å². The minimum Gasteiger partial charge on any atom is -0.360 e. The Kier molecular flexibility index (Phi) is 5.29. The van der Waals surface area contributed by atoms with Crippen molar-refractivity contribution < 1.29 is 9.69 Å². The molecule has 6 heteroatoms. The number of hydrogen-bond donors (Lipinski definition) is 2. The molecule has 0 bridgehead atoms. The van der Waals surface area contributed by atoms with Gasteiger partial charge in [0.15, 0.2) is 0 Å². The Labute approximate surface area is 152 Å². The van der Waals surface area contributed by atoms with Gasteiger partial charge in [-0.2, -0.15) is 0 Å². The second-order valence-corrected chi connectivity index (χ2v) is 6.83. The van der Waals surface area contributed by atoms with Crippen LogP contribution in [0.1, 0.15) is 10.4 Å². The molecule has 4 nitrogen and oxygen atoms in total. The zero-order valence-corrected chi connectivity index (χ0v) is 15.0. The van der Waals surface area contributed by atoms with Crippen molar-refractivity contribution in [3.05, 3.63) is 58.1 Å². The molecule has 0 atom stereocenters. The molecule has 126 valence electrons. The molecule has 24 heavy (non-hydrogen) atoms. The Hall–Kier alpha value is -1.75. The van der Waals surface area contributed by atoms with Crippen LogP contribution in [0.5, 0.6) is 0 Å². The van der Waals surface area contributed by atoms with Gasteiger partial charge in [0.05, 0.1) is 48.8 Å². The first-order valence-electron chi connectivity index (χ1n) is 7.96. The van der Waals surface area contributed by atoms with E-state index < -0.39 is 0 Å². The third kappa shape index (κ3) is 3.83. The predicted octanol–water partition coefficient (Wildman–Crippen LogP) is 2.58. The minimum atomic E-state index is -0.265. The number of likely N-dealkylation sites (N-methyl/N-ethyl adjacent to an activating group) is 1. The van der Waals surface area contributed by atoms with E-state index >= 15 is 0 Å². The Morgan fingerprint density at radius 2 is 1.75 bits per heavy atom. The number of rotatable bonds is 3. The molecule has 2 N–H and O–H groups in total. The molecule has 3 rings (SSSR count). The number of carbonyl (C=O) groups excluding carboxylic acids is 1. The quantitative estimate of drug-likeness (QED) is 0.877. The normalized spacial score (nSPS) is 15.4. The highest BCUT2D eigenvalue weighted by atomic mass is 35.5. The van der Waals surface area contributed by atoms with Crippen LogP contribution in [-0.2, 0) is 0 Å². The zero-order chi connectivity index (χ0) is 17.1. The Bertz CT molecular complexity index is 726. The van der Waals surface area contributed by atoms with Gasteiger partial charge >= 0.3 is 0 Å². The molecule has 0 aliphatic carbocycles. The van der Waals surface area contributed by atoms with E-state index in [2.05, 4.69) is 17.3 Å². The summed E-state index contributed by atoms with van der Waals surface area (Å²) in [6.45, 7) is 4.39. The molecule has 1 heterocycles. The minimum absolute atomic E-state index is 0.265. The standard InChI is InChI=1S/C18H19Cl2N3O/c1-22-9-11-23(12-10-22)14-7-5-13(6-8-14)21-18(24)15-3-2-4-16(19)17(15)20/h2-8H,9-12H2,1H3,(H,21,24)/p+1. The monoisotopic (exact) mass is 364 g/mol. The first kappa shape index (κ1) is 17.1. The fourth-order valence-corrected chi connectivity index (χ4v) is 3.17. The van der Waals surface area contributed by atoms with Crippen LogP contribution in [0.4, 0.5) is 11.4 Å². The summed E-state index contributed by atoms with van der Waals surface area (Å²) in [5.41, 5.74) is 2.29. The smallest absolute Gasteiger partial charge is 0.257 e. The number of piperazine rings is 1. The van der Waals surface area contributed by atoms with E-state index in [4.69, 9.17) is 23.2 Å². The lowest BCUT2D eigenvalue weighted by atomic mass is 10.2. The number of carbonyl (C=O) groups is 1. The Morgan fingerprint density at radius 1 is 1.08 bits per heavy atom. The molecule has 0 spiro atoms. The lowest BCUT2D eigenvalue weighted by molar-refractivity contribution is -0.880. The number of amides is 1. The van der Waals surface area contributed by atoms with Gasteiger partial charge in [-0.25, -0.2) is 0 Å². The molecular weight excluding hydrogens is 345 g/mol. The highest BCUT2D eigenvalue weighted by Gasteiger charge is 2.17. The molecular formula is C18H20Cl2N3O+. The van der Waals surface area contributed by atoms with Crippen molar-refractivity contribution in [1.29, 1.82) is 0 Å². The SMILES string of the molecule is C[NH+]1CCN(c2ccc(NC(=O)c3cccc(Cl)c3Cl)cc2)CC1. The van der Waals surface area contributed by atoms with E-state index in [0.29, 0.717) is 10.6 Å². The van der Waals surface area contributed by atoms with Crippen molar-refractivity contribution in [2.45, 2.75) is 0 Å². The van der Waals surface area contributed by atoms with Crippen LogP contribution in [0.2, 0.25) is 10.0 Å². The van der Waals surface area contributed by atoms with Crippen molar-refractivity contribution in [2.75, 3.05) is 43.4 Å². The summed E-state index contributed by atoms with van der Waals surface area (Å²) in [6, 6.07) is 12.9. The van der Waals surface area contributed by atoms with Gasteiger partial charge in [0.2, 0.25) is 0 Å². The molecule has 0 radical (unpaired) electrons. The summed E-state index contributed by atoms with van der Waals surface area (Å²) < 4.78 is 0. The van der Waals surface area contributed by atoms with E-state index in [1.807, 2.05) is 24.3 Å².